The van der Waals surface area contributed by atoms with Crippen molar-refractivity contribution in [1.29, 1.82) is 0 Å². The summed E-state index contributed by atoms with van der Waals surface area (Å²) in [5.41, 5.74) is 4.72. The molecule has 1 aliphatic rings. The van der Waals surface area contributed by atoms with Gasteiger partial charge in [-0.1, -0.05) is 0 Å². The van der Waals surface area contributed by atoms with E-state index in [1.54, 1.807) is 0 Å². The number of hydrogen-bond donors (Lipinski definition) is 2. The van der Waals surface area contributed by atoms with E-state index < -0.39 is 6.16 Å². The first-order valence-corrected chi connectivity index (χ1v) is 2.23. The van der Waals surface area contributed by atoms with Gasteiger partial charge in [0.1, 0.15) is 0 Å². The Kier molecular flexibility index (Phi) is 1.66. The minimum absolute atomic E-state index is 0.561. The molecule has 1 fully saturated rings. The predicted molar refractivity (Wildman–Crippen MR) is 23.6 cm³/mol. The Balaban J connectivity index is 2.27. The molecule has 1 rings (SSSR count). The van der Waals surface area contributed by atoms with Gasteiger partial charge in [-0.25, -0.2) is 0 Å². The van der Waals surface area contributed by atoms with Gasteiger partial charge >= 0.3 is 6.16 Å². The van der Waals surface area contributed by atoms with Crippen molar-refractivity contribution in [2.45, 2.75) is 0 Å². The van der Waals surface area contributed by atoms with Crippen molar-refractivity contribution in [3.8, 4) is 0 Å². The van der Waals surface area contributed by atoms with Crippen molar-refractivity contribution in [3.05, 3.63) is 0 Å². The van der Waals surface area contributed by atoms with Crippen molar-refractivity contribution in [2.75, 3.05) is 13.1 Å². The van der Waals surface area contributed by atoms with Crippen LogP contribution < -0.4 is 11.0 Å². The molecule has 2 N–H and O–H groups in total. The zero-order valence-electron chi connectivity index (χ0n) is 4.14. The molecule has 0 unspecified atom stereocenters. The molecule has 1 saturated heterocycles. The van der Waals surface area contributed by atoms with Crippen LogP contribution in [0.25, 0.3) is 0 Å². The highest BCUT2D eigenvalue weighted by atomic mass is 16.9. The zero-order chi connectivity index (χ0) is 5.82. The second-order valence-corrected chi connectivity index (χ2v) is 1.24. The molecular weight excluding hydrogens is 112 g/mol. The lowest BCUT2D eigenvalue weighted by atomic mass is 10.7. The van der Waals surface area contributed by atoms with Crippen LogP contribution in [0, 0.1) is 0 Å². The van der Waals surface area contributed by atoms with E-state index in [0.717, 1.165) is 0 Å². The lowest BCUT2D eigenvalue weighted by Gasteiger charge is -1.94. The molecule has 46 valence electrons. The summed E-state index contributed by atoms with van der Waals surface area (Å²) in [6, 6.07) is 0. The van der Waals surface area contributed by atoms with E-state index in [4.69, 9.17) is 0 Å². The number of carbonyl (C=O) groups is 1. The first-order chi connectivity index (χ1) is 3.89. The Morgan fingerprint density at radius 2 is 1.75 bits per heavy atom. The third kappa shape index (κ3) is 1.36. The van der Waals surface area contributed by atoms with Crippen LogP contribution in [0.2, 0.25) is 0 Å². The second-order valence-electron chi connectivity index (χ2n) is 1.24. The minimum atomic E-state index is -0.748. The van der Waals surface area contributed by atoms with Crippen molar-refractivity contribution >= 4 is 6.16 Å². The average molecular weight is 118 g/mol. The van der Waals surface area contributed by atoms with Crippen LogP contribution in [0.3, 0.4) is 0 Å². The van der Waals surface area contributed by atoms with Crippen LogP contribution in [-0.2, 0) is 9.68 Å². The largest absolute Gasteiger partial charge is 0.547 e. The molecule has 0 aromatic rings. The Bertz CT molecular complexity index is 84.5. The summed E-state index contributed by atoms with van der Waals surface area (Å²) in [7, 11) is 0. The van der Waals surface area contributed by atoms with Gasteiger partial charge < -0.3 is 9.68 Å². The topological polar surface area (TPSA) is 59.6 Å². The molecule has 0 spiro atoms. The van der Waals surface area contributed by atoms with Gasteiger partial charge in [0.25, 0.3) is 0 Å². The van der Waals surface area contributed by atoms with E-state index in [0.29, 0.717) is 13.1 Å². The summed E-state index contributed by atoms with van der Waals surface area (Å²) < 4.78 is 0. The standard InChI is InChI=1S/C3H6N2O3/c6-3-7-4-1-2-5-8-3/h4-5H,1-2H2. The van der Waals surface area contributed by atoms with Crippen LogP contribution >= 0.6 is 0 Å². The Hall–Kier alpha value is -0.810. The van der Waals surface area contributed by atoms with E-state index in [2.05, 4.69) is 20.6 Å². The highest BCUT2D eigenvalue weighted by Crippen LogP contribution is 1.79. The minimum Gasteiger partial charge on any atom is -0.337 e. The third-order valence-electron chi connectivity index (χ3n) is 0.640. The smallest absolute Gasteiger partial charge is 0.337 e. The van der Waals surface area contributed by atoms with Gasteiger partial charge in [0.2, 0.25) is 0 Å². The molecule has 0 amide bonds. The van der Waals surface area contributed by atoms with Gasteiger partial charge in [0, 0.05) is 13.1 Å². The SMILES string of the molecule is O=C1ONCCNO1. The van der Waals surface area contributed by atoms with Gasteiger partial charge in [-0.3, -0.25) is 0 Å². The second kappa shape index (κ2) is 2.49. The molecule has 1 heterocycles. The summed E-state index contributed by atoms with van der Waals surface area (Å²) in [4.78, 5) is 18.6. The molecular formula is C3H6N2O3. The molecule has 0 aromatic carbocycles. The summed E-state index contributed by atoms with van der Waals surface area (Å²) in [5, 5.41) is 0. The number of rotatable bonds is 0. The zero-order valence-corrected chi connectivity index (χ0v) is 4.14. The van der Waals surface area contributed by atoms with Crippen LogP contribution in [0.1, 0.15) is 0 Å². The van der Waals surface area contributed by atoms with Crippen molar-refractivity contribution in [1.82, 2.24) is 11.0 Å². The fourth-order valence-corrected chi connectivity index (χ4v) is 0.343. The van der Waals surface area contributed by atoms with Crippen molar-refractivity contribution in [2.24, 2.45) is 0 Å². The third-order valence-corrected chi connectivity index (χ3v) is 0.640. The lowest BCUT2D eigenvalue weighted by molar-refractivity contribution is 0.0131. The predicted octanol–water partition coefficient (Wildman–Crippen LogP) is -0.838. The van der Waals surface area contributed by atoms with Crippen LogP contribution in [-0.4, -0.2) is 19.2 Å². The van der Waals surface area contributed by atoms with Crippen LogP contribution in [0.5, 0.6) is 0 Å². The lowest BCUT2D eigenvalue weighted by Crippen LogP contribution is -2.19. The molecule has 8 heavy (non-hydrogen) atoms. The van der Waals surface area contributed by atoms with Crippen molar-refractivity contribution in [3.63, 3.8) is 0 Å². The van der Waals surface area contributed by atoms with Gasteiger partial charge in [-0.15, -0.1) is 11.0 Å². The number of carbonyl (C=O) groups excluding carboxylic acids is 1. The number of hydroxylamine groups is 2. The van der Waals surface area contributed by atoms with Gasteiger partial charge in [0.15, 0.2) is 0 Å². The summed E-state index contributed by atoms with van der Waals surface area (Å²) in [6.45, 7) is 1.12. The average Bonchev–Trinajstić information content (AvgIpc) is 1.94. The maximum atomic E-state index is 10.1. The Morgan fingerprint density at radius 3 is 2.25 bits per heavy atom. The molecule has 0 aliphatic carbocycles. The highest BCUT2D eigenvalue weighted by Gasteiger charge is 2.06. The summed E-state index contributed by atoms with van der Waals surface area (Å²) in [5.74, 6) is 0. The Labute approximate surface area is 45.9 Å². The van der Waals surface area contributed by atoms with E-state index >= 15 is 0 Å². The van der Waals surface area contributed by atoms with Gasteiger partial charge in [0.05, 0.1) is 0 Å². The van der Waals surface area contributed by atoms with E-state index in [1.807, 2.05) is 0 Å². The molecule has 5 heteroatoms. The normalized spacial score (nSPS) is 20.8. The summed E-state index contributed by atoms with van der Waals surface area (Å²) >= 11 is 0. The molecule has 0 saturated carbocycles. The summed E-state index contributed by atoms with van der Waals surface area (Å²) in [6.07, 6.45) is -0.748. The first-order valence-electron chi connectivity index (χ1n) is 2.23. The maximum absolute atomic E-state index is 10.1. The fraction of sp³-hybridized carbons (Fsp3) is 0.667. The Morgan fingerprint density at radius 1 is 1.25 bits per heavy atom. The first kappa shape index (κ1) is 5.33. The highest BCUT2D eigenvalue weighted by molar-refractivity contribution is 5.59. The van der Waals surface area contributed by atoms with Crippen LogP contribution in [0.15, 0.2) is 0 Å². The fourth-order valence-electron chi connectivity index (χ4n) is 0.343. The van der Waals surface area contributed by atoms with Gasteiger partial charge in [-0.2, -0.15) is 4.79 Å². The number of hydrogen-bond acceptors (Lipinski definition) is 5. The molecule has 0 atom stereocenters. The van der Waals surface area contributed by atoms with Crippen molar-refractivity contribution < 1.29 is 14.5 Å². The van der Waals surface area contributed by atoms with Gasteiger partial charge in [-0.05, 0) is 0 Å². The number of nitrogens with one attached hydrogen (secondary N) is 2. The molecule has 1 aliphatic heterocycles. The quantitative estimate of drug-likeness (QED) is 0.434. The van der Waals surface area contributed by atoms with E-state index in [-0.39, 0.29) is 0 Å². The molecule has 0 radical (unpaired) electrons. The maximum Gasteiger partial charge on any atom is 0.547 e. The molecule has 5 nitrogen and oxygen atoms in total. The molecule has 0 bridgehead atoms. The van der Waals surface area contributed by atoms with Crippen LogP contribution in [0.4, 0.5) is 4.79 Å². The monoisotopic (exact) mass is 118 g/mol. The van der Waals surface area contributed by atoms with E-state index in [1.165, 1.54) is 0 Å². The molecule has 0 aromatic heterocycles. The van der Waals surface area contributed by atoms with E-state index in [9.17, 15) is 4.79 Å².